The summed E-state index contributed by atoms with van der Waals surface area (Å²) in [6, 6.07) is 6.69. The first-order valence-electron chi connectivity index (χ1n) is 6.22. The molecule has 3 nitrogen and oxygen atoms in total. The van der Waals surface area contributed by atoms with Gasteiger partial charge in [-0.15, -0.1) is 0 Å². The van der Waals surface area contributed by atoms with Crippen molar-refractivity contribution in [2.45, 2.75) is 26.1 Å². The lowest BCUT2D eigenvalue weighted by molar-refractivity contribution is -0.144. The van der Waals surface area contributed by atoms with Crippen molar-refractivity contribution >= 4 is 16.8 Å². The summed E-state index contributed by atoms with van der Waals surface area (Å²) in [6.45, 7) is 1.84. The molecule has 2 N–H and O–H groups in total. The molecule has 0 saturated heterocycles. The zero-order valence-corrected chi connectivity index (χ0v) is 10.9. The topological polar surface area (TPSA) is 48.0 Å². The van der Waals surface area contributed by atoms with Gasteiger partial charge in [0.1, 0.15) is 0 Å². The lowest BCUT2D eigenvalue weighted by Crippen LogP contribution is -2.17. The maximum Gasteiger partial charge on any atom is 0.389 e. The average Bonchev–Trinajstić information content (AvgIpc) is 2.69. The predicted octanol–water partition coefficient (Wildman–Crippen LogP) is 3.33. The molecule has 1 unspecified atom stereocenters. The zero-order valence-electron chi connectivity index (χ0n) is 10.9. The van der Waals surface area contributed by atoms with Gasteiger partial charge in [0.2, 0.25) is 5.91 Å². The van der Waals surface area contributed by atoms with Gasteiger partial charge in [0, 0.05) is 35.6 Å². The van der Waals surface area contributed by atoms with Crippen molar-refractivity contribution in [1.29, 1.82) is 0 Å². The number of rotatable bonds is 4. The Morgan fingerprint density at radius 3 is 2.65 bits per heavy atom. The first kappa shape index (κ1) is 14.4. The van der Waals surface area contributed by atoms with Gasteiger partial charge in [-0.2, -0.15) is 13.2 Å². The Balaban J connectivity index is 2.21. The summed E-state index contributed by atoms with van der Waals surface area (Å²) >= 11 is 0. The number of carbonyl (C=O) groups excluding carboxylic acids is 1. The van der Waals surface area contributed by atoms with Crippen LogP contribution in [0, 0.1) is 5.92 Å². The fourth-order valence-electron chi connectivity index (χ4n) is 2.31. The van der Waals surface area contributed by atoms with E-state index in [1.54, 1.807) is 42.0 Å². The van der Waals surface area contributed by atoms with Gasteiger partial charge in [-0.25, -0.2) is 0 Å². The van der Waals surface area contributed by atoms with Crippen LogP contribution in [0.1, 0.15) is 23.7 Å². The minimum Gasteiger partial charge on any atom is -0.366 e. The standard InChI is InChI=1S/C14H15F3N2O/c1-9(7-14(15,16)17)8-19-5-4-10-6-11(13(18)20)2-3-12(10)19/h2-6,9H,7-8H2,1H3,(H2,18,20). The van der Waals surface area contributed by atoms with Gasteiger partial charge in [0.05, 0.1) is 0 Å². The summed E-state index contributed by atoms with van der Waals surface area (Å²) in [6.07, 6.45) is -3.24. The van der Waals surface area contributed by atoms with Crippen LogP contribution in [0.4, 0.5) is 13.2 Å². The Bertz CT molecular complexity index is 631. The van der Waals surface area contributed by atoms with Crippen LogP contribution in [0.3, 0.4) is 0 Å². The SMILES string of the molecule is CC(Cn1ccc2cc(C(N)=O)ccc21)CC(F)(F)F. The molecule has 108 valence electrons. The van der Waals surface area contributed by atoms with Gasteiger partial charge in [-0.3, -0.25) is 4.79 Å². The summed E-state index contributed by atoms with van der Waals surface area (Å²) < 4.78 is 38.7. The smallest absolute Gasteiger partial charge is 0.366 e. The number of benzene rings is 1. The van der Waals surface area contributed by atoms with E-state index in [9.17, 15) is 18.0 Å². The van der Waals surface area contributed by atoms with E-state index < -0.39 is 24.4 Å². The van der Waals surface area contributed by atoms with E-state index in [0.717, 1.165) is 10.9 Å². The molecule has 1 amide bonds. The van der Waals surface area contributed by atoms with Crippen LogP contribution in [0.25, 0.3) is 10.9 Å². The van der Waals surface area contributed by atoms with E-state index in [2.05, 4.69) is 0 Å². The van der Waals surface area contributed by atoms with Gasteiger partial charge in [0.15, 0.2) is 0 Å². The number of hydrogen-bond acceptors (Lipinski definition) is 1. The quantitative estimate of drug-likeness (QED) is 0.919. The van der Waals surface area contributed by atoms with Crippen molar-refractivity contribution in [3.63, 3.8) is 0 Å². The Labute approximate surface area is 114 Å². The predicted molar refractivity (Wildman–Crippen MR) is 70.3 cm³/mol. The molecule has 1 heterocycles. The van der Waals surface area contributed by atoms with Crippen molar-refractivity contribution < 1.29 is 18.0 Å². The molecular formula is C14H15F3N2O. The van der Waals surface area contributed by atoms with Crippen molar-refractivity contribution in [3.05, 3.63) is 36.0 Å². The van der Waals surface area contributed by atoms with Crippen LogP contribution >= 0.6 is 0 Å². The Morgan fingerprint density at radius 2 is 2.05 bits per heavy atom. The monoisotopic (exact) mass is 284 g/mol. The lowest BCUT2D eigenvalue weighted by atomic mass is 10.1. The van der Waals surface area contributed by atoms with E-state index in [0.29, 0.717) is 5.56 Å². The van der Waals surface area contributed by atoms with Crippen molar-refractivity contribution in [1.82, 2.24) is 4.57 Å². The second-order valence-corrected chi connectivity index (χ2v) is 5.03. The summed E-state index contributed by atoms with van der Waals surface area (Å²) in [4.78, 5) is 11.1. The number of nitrogens with zero attached hydrogens (tertiary/aromatic N) is 1. The van der Waals surface area contributed by atoms with E-state index in [1.165, 1.54) is 0 Å². The molecule has 6 heteroatoms. The number of carbonyl (C=O) groups is 1. The molecule has 0 radical (unpaired) electrons. The van der Waals surface area contributed by atoms with Gasteiger partial charge in [-0.1, -0.05) is 6.92 Å². The molecule has 2 aromatic rings. The molecule has 0 fully saturated rings. The highest BCUT2D eigenvalue weighted by Crippen LogP contribution is 2.27. The van der Waals surface area contributed by atoms with Gasteiger partial charge in [0.25, 0.3) is 0 Å². The molecule has 1 atom stereocenters. The molecule has 0 bridgehead atoms. The number of primary amides is 1. The zero-order chi connectivity index (χ0) is 14.9. The highest BCUT2D eigenvalue weighted by molar-refractivity contribution is 5.97. The van der Waals surface area contributed by atoms with E-state index in [1.807, 2.05) is 0 Å². The van der Waals surface area contributed by atoms with Crippen LogP contribution in [-0.4, -0.2) is 16.7 Å². The fourth-order valence-corrected chi connectivity index (χ4v) is 2.31. The average molecular weight is 284 g/mol. The maximum atomic E-state index is 12.3. The first-order chi connectivity index (χ1) is 9.26. The number of halogens is 3. The summed E-state index contributed by atoms with van der Waals surface area (Å²) in [5.41, 5.74) is 6.37. The molecule has 2 rings (SSSR count). The molecule has 20 heavy (non-hydrogen) atoms. The molecule has 0 aliphatic rings. The van der Waals surface area contributed by atoms with Crippen LogP contribution in [-0.2, 0) is 6.54 Å². The summed E-state index contributed by atoms with van der Waals surface area (Å²) in [5.74, 6) is -1.04. The highest BCUT2D eigenvalue weighted by atomic mass is 19.4. The van der Waals surface area contributed by atoms with Crippen molar-refractivity contribution in [2.75, 3.05) is 0 Å². The molecule has 0 aliphatic heterocycles. The summed E-state index contributed by atoms with van der Waals surface area (Å²) in [5, 5.41) is 0.792. The molecule has 1 aromatic carbocycles. The van der Waals surface area contributed by atoms with Crippen LogP contribution in [0.5, 0.6) is 0 Å². The summed E-state index contributed by atoms with van der Waals surface area (Å²) in [7, 11) is 0. The van der Waals surface area contributed by atoms with E-state index in [4.69, 9.17) is 5.73 Å². The number of nitrogens with two attached hydrogens (primary N) is 1. The molecular weight excluding hydrogens is 269 g/mol. The Hall–Kier alpha value is -1.98. The van der Waals surface area contributed by atoms with Crippen molar-refractivity contribution in [3.8, 4) is 0 Å². The third kappa shape index (κ3) is 3.31. The molecule has 0 spiro atoms. The van der Waals surface area contributed by atoms with E-state index >= 15 is 0 Å². The van der Waals surface area contributed by atoms with Gasteiger partial charge < -0.3 is 10.3 Å². The number of fused-ring (bicyclic) bond motifs is 1. The second-order valence-electron chi connectivity index (χ2n) is 5.03. The molecule has 0 aliphatic carbocycles. The minimum absolute atomic E-state index is 0.277. The third-order valence-corrected chi connectivity index (χ3v) is 3.14. The first-order valence-corrected chi connectivity index (χ1v) is 6.22. The van der Waals surface area contributed by atoms with E-state index in [-0.39, 0.29) is 6.54 Å². The number of amides is 1. The molecule has 0 saturated carbocycles. The maximum absolute atomic E-state index is 12.3. The van der Waals surface area contributed by atoms with Crippen molar-refractivity contribution in [2.24, 2.45) is 11.7 Å². The third-order valence-electron chi connectivity index (χ3n) is 3.14. The normalized spacial score (nSPS) is 13.6. The lowest BCUT2D eigenvalue weighted by Gasteiger charge is -2.15. The largest absolute Gasteiger partial charge is 0.389 e. The fraction of sp³-hybridized carbons (Fsp3) is 0.357. The highest BCUT2D eigenvalue weighted by Gasteiger charge is 2.30. The van der Waals surface area contributed by atoms with Crippen LogP contribution in [0.15, 0.2) is 30.5 Å². The van der Waals surface area contributed by atoms with Gasteiger partial charge in [-0.05, 0) is 30.2 Å². The van der Waals surface area contributed by atoms with Gasteiger partial charge >= 0.3 is 6.18 Å². The number of alkyl halides is 3. The Morgan fingerprint density at radius 1 is 1.35 bits per heavy atom. The molecule has 1 aromatic heterocycles. The van der Waals surface area contributed by atoms with Crippen LogP contribution in [0.2, 0.25) is 0 Å². The minimum atomic E-state index is -4.15. The van der Waals surface area contributed by atoms with Crippen LogP contribution < -0.4 is 5.73 Å². The Kier molecular flexibility index (Phi) is 3.74. The second kappa shape index (κ2) is 5.19. The number of aromatic nitrogens is 1. The number of hydrogen-bond donors (Lipinski definition) is 1.